The van der Waals surface area contributed by atoms with Gasteiger partial charge >= 0.3 is 0 Å². The molecule has 104 valence electrons. The third kappa shape index (κ3) is 4.24. The summed E-state index contributed by atoms with van der Waals surface area (Å²) in [6.45, 7) is 6.14. The van der Waals surface area contributed by atoms with Crippen molar-refractivity contribution in [2.75, 3.05) is 13.1 Å². The van der Waals surface area contributed by atoms with Gasteiger partial charge in [-0.3, -0.25) is 4.79 Å². The van der Waals surface area contributed by atoms with Crippen LogP contribution in [0.2, 0.25) is 5.02 Å². The van der Waals surface area contributed by atoms with Crippen molar-refractivity contribution in [1.29, 1.82) is 0 Å². The lowest BCUT2D eigenvalue weighted by Gasteiger charge is -2.30. The minimum absolute atomic E-state index is 0.282. The molecule has 0 N–H and O–H groups in total. The SMILES string of the molecule is Cc1cc(Cl)cc(CCC(=O)N2CCC(C)CC2)c1. The van der Waals surface area contributed by atoms with Crippen LogP contribution >= 0.6 is 11.6 Å². The summed E-state index contributed by atoms with van der Waals surface area (Å²) < 4.78 is 0. The Kier molecular flexibility index (Phi) is 4.87. The van der Waals surface area contributed by atoms with Crippen molar-refractivity contribution in [3.63, 3.8) is 0 Å². The van der Waals surface area contributed by atoms with Crippen LogP contribution in [0.3, 0.4) is 0 Å². The Morgan fingerprint density at radius 1 is 1.32 bits per heavy atom. The standard InChI is InChI=1S/C16H22ClNO/c1-12-5-7-18(8-6-12)16(19)4-3-14-9-13(2)10-15(17)11-14/h9-12H,3-8H2,1-2H3. The second kappa shape index (κ2) is 6.42. The zero-order chi connectivity index (χ0) is 13.8. The van der Waals surface area contributed by atoms with Crippen LogP contribution in [0.25, 0.3) is 0 Å². The number of aryl methyl sites for hydroxylation is 2. The van der Waals surface area contributed by atoms with Crippen LogP contribution < -0.4 is 0 Å². The Balaban J connectivity index is 1.86. The van der Waals surface area contributed by atoms with E-state index >= 15 is 0 Å². The fraction of sp³-hybridized carbons (Fsp3) is 0.562. The summed E-state index contributed by atoms with van der Waals surface area (Å²) in [5, 5.41) is 0.759. The number of likely N-dealkylation sites (tertiary alicyclic amines) is 1. The van der Waals surface area contributed by atoms with Crippen LogP contribution in [-0.4, -0.2) is 23.9 Å². The van der Waals surface area contributed by atoms with Crippen molar-refractivity contribution < 1.29 is 4.79 Å². The van der Waals surface area contributed by atoms with E-state index < -0.39 is 0 Å². The average molecular weight is 280 g/mol. The van der Waals surface area contributed by atoms with Crippen molar-refractivity contribution in [3.05, 3.63) is 34.3 Å². The summed E-state index contributed by atoms with van der Waals surface area (Å²) in [5.41, 5.74) is 2.31. The highest BCUT2D eigenvalue weighted by Crippen LogP contribution is 2.19. The molecule has 19 heavy (non-hydrogen) atoms. The fourth-order valence-corrected chi connectivity index (χ4v) is 2.94. The molecule has 1 aliphatic heterocycles. The number of halogens is 1. The van der Waals surface area contributed by atoms with Gasteiger partial charge in [-0.15, -0.1) is 0 Å². The van der Waals surface area contributed by atoms with E-state index in [1.54, 1.807) is 0 Å². The zero-order valence-corrected chi connectivity index (χ0v) is 12.5. The molecule has 2 nitrogen and oxygen atoms in total. The Morgan fingerprint density at radius 3 is 2.63 bits per heavy atom. The highest BCUT2D eigenvalue weighted by Gasteiger charge is 2.19. The molecule has 1 amide bonds. The number of carbonyl (C=O) groups excluding carboxylic acids is 1. The van der Waals surface area contributed by atoms with E-state index in [2.05, 4.69) is 13.0 Å². The number of carbonyl (C=O) groups is 1. The van der Waals surface area contributed by atoms with E-state index in [1.807, 2.05) is 24.0 Å². The van der Waals surface area contributed by atoms with Gasteiger partial charge in [0, 0.05) is 24.5 Å². The summed E-state index contributed by atoms with van der Waals surface area (Å²) in [7, 11) is 0. The third-order valence-electron chi connectivity index (χ3n) is 3.87. The summed E-state index contributed by atoms with van der Waals surface area (Å²) in [6, 6.07) is 6.01. The lowest BCUT2D eigenvalue weighted by molar-refractivity contribution is -0.132. The number of nitrogens with zero attached hydrogens (tertiary/aromatic N) is 1. The van der Waals surface area contributed by atoms with E-state index in [4.69, 9.17) is 11.6 Å². The van der Waals surface area contributed by atoms with Crippen LogP contribution in [-0.2, 0) is 11.2 Å². The smallest absolute Gasteiger partial charge is 0.222 e. The van der Waals surface area contributed by atoms with Gasteiger partial charge in [0.25, 0.3) is 0 Å². The molecule has 0 spiro atoms. The Hall–Kier alpha value is -1.02. The minimum Gasteiger partial charge on any atom is -0.343 e. The molecular weight excluding hydrogens is 258 g/mol. The van der Waals surface area contributed by atoms with Crippen molar-refractivity contribution >= 4 is 17.5 Å². The molecule has 2 rings (SSSR count). The molecule has 1 heterocycles. The fourth-order valence-electron chi connectivity index (χ4n) is 2.62. The van der Waals surface area contributed by atoms with Crippen LogP contribution in [0.1, 0.15) is 37.3 Å². The van der Waals surface area contributed by atoms with E-state index in [0.29, 0.717) is 6.42 Å². The molecule has 1 fully saturated rings. The molecule has 0 bridgehead atoms. The second-order valence-corrected chi connectivity index (χ2v) is 6.14. The van der Waals surface area contributed by atoms with E-state index in [-0.39, 0.29) is 5.91 Å². The van der Waals surface area contributed by atoms with Gasteiger partial charge in [-0.2, -0.15) is 0 Å². The number of rotatable bonds is 3. The summed E-state index contributed by atoms with van der Waals surface area (Å²) in [5.74, 6) is 1.05. The van der Waals surface area contributed by atoms with Crippen molar-refractivity contribution in [1.82, 2.24) is 4.90 Å². The van der Waals surface area contributed by atoms with Crippen molar-refractivity contribution in [3.8, 4) is 0 Å². The maximum absolute atomic E-state index is 12.1. The molecule has 1 aliphatic rings. The third-order valence-corrected chi connectivity index (χ3v) is 4.08. The molecular formula is C16H22ClNO. The monoisotopic (exact) mass is 279 g/mol. The van der Waals surface area contributed by atoms with Crippen molar-refractivity contribution in [2.24, 2.45) is 5.92 Å². The minimum atomic E-state index is 0.282. The number of piperidine rings is 1. The summed E-state index contributed by atoms with van der Waals surface area (Å²) in [6.07, 6.45) is 3.66. The Labute approximate surface area is 120 Å². The molecule has 1 aromatic carbocycles. The van der Waals surface area contributed by atoms with Gasteiger partial charge < -0.3 is 4.90 Å². The first-order valence-electron chi connectivity index (χ1n) is 7.08. The van der Waals surface area contributed by atoms with Gasteiger partial charge in [0.15, 0.2) is 0 Å². The predicted octanol–water partition coefficient (Wildman–Crippen LogP) is 3.84. The lowest BCUT2D eigenvalue weighted by atomic mass is 9.98. The highest BCUT2D eigenvalue weighted by molar-refractivity contribution is 6.30. The van der Waals surface area contributed by atoms with E-state index in [9.17, 15) is 4.79 Å². The molecule has 0 aromatic heterocycles. The summed E-state index contributed by atoms with van der Waals surface area (Å²) >= 11 is 6.03. The van der Waals surface area contributed by atoms with Crippen molar-refractivity contribution in [2.45, 2.75) is 39.5 Å². The first-order valence-corrected chi connectivity index (χ1v) is 7.46. The average Bonchev–Trinajstić information content (AvgIpc) is 2.36. The van der Waals surface area contributed by atoms with Gasteiger partial charge in [0.2, 0.25) is 5.91 Å². The van der Waals surface area contributed by atoms with Gasteiger partial charge in [-0.05, 0) is 55.4 Å². The molecule has 1 saturated heterocycles. The predicted molar refractivity (Wildman–Crippen MR) is 79.5 cm³/mol. The molecule has 3 heteroatoms. The Morgan fingerprint density at radius 2 is 2.00 bits per heavy atom. The topological polar surface area (TPSA) is 20.3 Å². The lowest BCUT2D eigenvalue weighted by Crippen LogP contribution is -2.37. The maximum atomic E-state index is 12.1. The number of hydrogen-bond acceptors (Lipinski definition) is 1. The van der Waals surface area contributed by atoms with Crippen LogP contribution in [0, 0.1) is 12.8 Å². The molecule has 0 radical (unpaired) electrons. The highest BCUT2D eigenvalue weighted by atomic mass is 35.5. The zero-order valence-electron chi connectivity index (χ0n) is 11.8. The second-order valence-electron chi connectivity index (χ2n) is 5.70. The molecule has 0 unspecified atom stereocenters. The van der Waals surface area contributed by atoms with Gasteiger partial charge in [0.1, 0.15) is 0 Å². The molecule has 1 aromatic rings. The molecule has 0 aliphatic carbocycles. The van der Waals surface area contributed by atoms with Crippen LogP contribution in [0.4, 0.5) is 0 Å². The number of amides is 1. The largest absolute Gasteiger partial charge is 0.343 e. The van der Waals surface area contributed by atoms with Gasteiger partial charge in [-0.25, -0.2) is 0 Å². The quantitative estimate of drug-likeness (QED) is 0.823. The maximum Gasteiger partial charge on any atom is 0.222 e. The van der Waals surface area contributed by atoms with Crippen LogP contribution in [0.15, 0.2) is 18.2 Å². The van der Waals surface area contributed by atoms with E-state index in [0.717, 1.165) is 54.4 Å². The number of hydrogen-bond donors (Lipinski definition) is 0. The van der Waals surface area contributed by atoms with E-state index in [1.165, 1.54) is 0 Å². The first kappa shape index (κ1) is 14.4. The van der Waals surface area contributed by atoms with Gasteiger partial charge in [-0.1, -0.05) is 24.6 Å². The number of benzene rings is 1. The van der Waals surface area contributed by atoms with Gasteiger partial charge in [0.05, 0.1) is 0 Å². The Bertz CT molecular complexity index is 430. The first-order chi connectivity index (χ1) is 9.04. The normalized spacial score (nSPS) is 16.7. The summed E-state index contributed by atoms with van der Waals surface area (Å²) in [4.78, 5) is 14.2. The molecule has 0 saturated carbocycles. The molecule has 0 atom stereocenters. The van der Waals surface area contributed by atoms with Crippen LogP contribution in [0.5, 0.6) is 0 Å².